The largest absolute Gasteiger partial charge is 0.358 e. The van der Waals surface area contributed by atoms with Crippen molar-refractivity contribution < 1.29 is 4.74 Å². The summed E-state index contributed by atoms with van der Waals surface area (Å²) < 4.78 is 5.18. The number of hydrogen-bond acceptors (Lipinski definition) is 3. The molecule has 1 aliphatic carbocycles. The quantitative estimate of drug-likeness (QED) is 0.485. The Balaban J connectivity index is 2.24. The molecular weight excluding hydrogens is 116 g/mol. The lowest BCUT2D eigenvalue weighted by Gasteiger charge is -2.36. The second kappa shape index (κ2) is 1.13. The molecule has 1 saturated carbocycles. The molecule has 3 aliphatic rings. The van der Waals surface area contributed by atoms with Crippen molar-refractivity contribution in [2.75, 3.05) is 6.61 Å². The van der Waals surface area contributed by atoms with Gasteiger partial charge in [0.1, 0.15) is 0 Å². The van der Waals surface area contributed by atoms with Gasteiger partial charge in [-0.1, -0.05) is 0 Å². The zero-order chi connectivity index (χ0) is 6.54. The van der Waals surface area contributed by atoms with E-state index in [1.165, 1.54) is 0 Å². The maximum absolute atomic E-state index is 8.55. The van der Waals surface area contributed by atoms with Gasteiger partial charge in [0.15, 0.2) is 5.60 Å². The average molecular weight is 124 g/mol. The molecule has 0 aromatic carbocycles. The minimum absolute atomic E-state index is 0.143. The van der Waals surface area contributed by atoms with E-state index >= 15 is 0 Å². The molecule has 2 bridgehead atoms. The SMILES string of the molecule is N#CC12CC(N)(CO1)C2. The zero-order valence-electron chi connectivity index (χ0n) is 5.05. The lowest BCUT2D eigenvalue weighted by molar-refractivity contribution is 0.0531. The van der Waals surface area contributed by atoms with Gasteiger partial charge in [-0.05, 0) is 0 Å². The van der Waals surface area contributed by atoms with Crippen LogP contribution in [0.15, 0.2) is 0 Å². The van der Waals surface area contributed by atoms with Crippen molar-refractivity contribution >= 4 is 0 Å². The van der Waals surface area contributed by atoms with E-state index in [2.05, 4.69) is 6.07 Å². The molecule has 0 atom stereocenters. The minimum atomic E-state index is -0.477. The maximum atomic E-state index is 8.55. The van der Waals surface area contributed by atoms with E-state index in [0.29, 0.717) is 6.61 Å². The van der Waals surface area contributed by atoms with Gasteiger partial charge in [-0.15, -0.1) is 0 Å². The first-order chi connectivity index (χ1) is 4.18. The Labute approximate surface area is 53.4 Å². The van der Waals surface area contributed by atoms with Crippen LogP contribution in [0.3, 0.4) is 0 Å². The van der Waals surface area contributed by atoms with Crippen LogP contribution in [0.1, 0.15) is 12.8 Å². The van der Waals surface area contributed by atoms with Crippen molar-refractivity contribution in [2.24, 2.45) is 5.73 Å². The molecule has 0 aromatic heterocycles. The summed E-state index contributed by atoms with van der Waals surface area (Å²) in [6.07, 6.45) is 1.47. The van der Waals surface area contributed by atoms with Crippen LogP contribution in [0.25, 0.3) is 0 Å². The van der Waals surface area contributed by atoms with Gasteiger partial charge in [-0.25, -0.2) is 0 Å². The molecule has 2 N–H and O–H groups in total. The fourth-order valence-corrected chi connectivity index (χ4v) is 1.68. The molecule has 0 unspecified atom stereocenters. The van der Waals surface area contributed by atoms with Gasteiger partial charge >= 0.3 is 0 Å². The summed E-state index contributed by atoms with van der Waals surface area (Å²) in [6.45, 7) is 0.570. The number of nitrogens with zero attached hydrogens (tertiary/aromatic N) is 1. The first-order valence-electron chi connectivity index (χ1n) is 3.02. The van der Waals surface area contributed by atoms with E-state index in [0.717, 1.165) is 12.8 Å². The van der Waals surface area contributed by atoms with Crippen LogP contribution < -0.4 is 5.73 Å². The molecule has 2 aliphatic heterocycles. The fraction of sp³-hybridized carbons (Fsp3) is 0.833. The molecule has 9 heavy (non-hydrogen) atoms. The highest BCUT2D eigenvalue weighted by molar-refractivity contribution is 5.24. The van der Waals surface area contributed by atoms with E-state index in [1.54, 1.807) is 0 Å². The molecule has 3 nitrogen and oxygen atoms in total. The van der Waals surface area contributed by atoms with Gasteiger partial charge in [0.2, 0.25) is 0 Å². The molecule has 3 fully saturated rings. The van der Waals surface area contributed by atoms with Crippen LogP contribution in [0.4, 0.5) is 0 Å². The number of rotatable bonds is 0. The van der Waals surface area contributed by atoms with Crippen molar-refractivity contribution in [3.8, 4) is 6.07 Å². The van der Waals surface area contributed by atoms with Crippen LogP contribution in [0.5, 0.6) is 0 Å². The third-order valence-electron chi connectivity index (χ3n) is 2.11. The second-order valence-electron chi connectivity index (χ2n) is 3.11. The van der Waals surface area contributed by atoms with Crippen LogP contribution in [0.2, 0.25) is 0 Å². The van der Waals surface area contributed by atoms with Crippen molar-refractivity contribution in [3.05, 3.63) is 0 Å². The van der Waals surface area contributed by atoms with Gasteiger partial charge in [-0.2, -0.15) is 5.26 Å². The summed E-state index contributed by atoms with van der Waals surface area (Å²) in [5, 5.41) is 8.55. The van der Waals surface area contributed by atoms with Crippen molar-refractivity contribution in [3.63, 3.8) is 0 Å². The molecule has 0 amide bonds. The monoisotopic (exact) mass is 124 g/mol. The van der Waals surface area contributed by atoms with E-state index in [4.69, 9.17) is 15.7 Å². The van der Waals surface area contributed by atoms with Crippen LogP contribution >= 0.6 is 0 Å². The maximum Gasteiger partial charge on any atom is 0.157 e. The molecule has 3 heteroatoms. The minimum Gasteiger partial charge on any atom is -0.358 e. The Bertz CT molecular complexity index is 188. The van der Waals surface area contributed by atoms with E-state index in [1.807, 2.05) is 0 Å². The summed E-state index contributed by atoms with van der Waals surface area (Å²) in [5.41, 5.74) is 5.11. The zero-order valence-corrected chi connectivity index (χ0v) is 5.05. The van der Waals surface area contributed by atoms with E-state index < -0.39 is 5.60 Å². The number of fused-ring (bicyclic) bond motifs is 1. The smallest absolute Gasteiger partial charge is 0.157 e. The predicted octanol–water partition coefficient (Wildman–Crippen LogP) is -0.230. The fourth-order valence-electron chi connectivity index (χ4n) is 1.68. The molecule has 0 spiro atoms. The summed E-state index contributed by atoms with van der Waals surface area (Å²) in [4.78, 5) is 0. The molecule has 0 radical (unpaired) electrons. The lowest BCUT2D eigenvalue weighted by Crippen LogP contribution is -2.54. The first-order valence-corrected chi connectivity index (χ1v) is 3.02. The first kappa shape index (κ1) is 5.21. The average Bonchev–Trinajstić information content (AvgIpc) is 2.20. The van der Waals surface area contributed by atoms with Crippen molar-refractivity contribution in [1.82, 2.24) is 0 Å². The molecule has 3 rings (SSSR count). The molecule has 2 saturated heterocycles. The van der Waals surface area contributed by atoms with Gasteiger partial charge in [0.05, 0.1) is 12.7 Å². The van der Waals surface area contributed by atoms with Gasteiger partial charge in [0.25, 0.3) is 0 Å². The Morgan fingerprint density at radius 2 is 2.22 bits per heavy atom. The molecule has 48 valence electrons. The summed E-state index contributed by atoms with van der Waals surface area (Å²) in [5.74, 6) is 0. The number of nitrogens with two attached hydrogens (primary N) is 1. The number of hydrogen-bond donors (Lipinski definition) is 1. The summed E-state index contributed by atoms with van der Waals surface area (Å²) in [7, 11) is 0. The Hall–Kier alpha value is -0.590. The third kappa shape index (κ3) is 0.473. The second-order valence-corrected chi connectivity index (χ2v) is 3.11. The molecule has 0 aromatic rings. The topological polar surface area (TPSA) is 59.0 Å². The van der Waals surface area contributed by atoms with Gasteiger partial charge < -0.3 is 10.5 Å². The number of nitriles is 1. The van der Waals surface area contributed by atoms with Crippen molar-refractivity contribution in [1.29, 1.82) is 5.26 Å². The van der Waals surface area contributed by atoms with E-state index in [-0.39, 0.29) is 5.54 Å². The number of ether oxygens (including phenoxy) is 1. The molecular formula is C6H8N2O. The third-order valence-corrected chi connectivity index (χ3v) is 2.11. The Kier molecular flexibility index (Phi) is 0.655. The normalized spacial score (nSPS) is 54.2. The standard InChI is InChI=1S/C6H8N2O/c7-3-6-1-5(8,2-6)4-9-6/h1-2,4,8H2. The Morgan fingerprint density at radius 1 is 1.56 bits per heavy atom. The molecule has 2 heterocycles. The highest BCUT2D eigenvalue weighted by Gasteiger charge is 2.61. The van der Waals surface area contributed by atoms with Crippen LogP contribution in [-0.2, 0) is 4.74 Å². The summed E-state index contributed by atoms with van der Waals surface area (Å²) >= 11 is 0. The van der Waals surface area contributed by atoms with Crippen LogP contribution in [0, 0.1) is 11.3 Å². The predicted molar refractivity (Wildman–Crippen MR) is 30.4 cm³/mol. The van der Waals surface area contributed by atoms with Crippen molar-refractivity contribution in [2.45, 2.75) is 24.0 Å². The highest BCUT2D eigenvalue weighted by Crippen LogP contribution is 2.49. The Morgan fingerprint density at radius 3 is 2.44 bits per heavy atom. The lowest BCUT2D eigenvalue weighted by atomic mass is 9.70. The van der Waals surface area contributed by atoms with Crippen LogP contribution in [-0.4, -0.2) is 17.7 Å². The highest BCUT2D eigenvalue weighted by atomic mass is 16.5. The summed E-state index contributed by atoms with van der Waals surface area (Å²) in [6, 6.07) is 2.13. The van der Waals surface area contributed by atoms with E-state index in [9.17, 15) is 0 Å². The van der Waals surface area contributed by atoms with Gasteiger partial charge in [-0.3, -0.25) is 0 Å². The van der Waals surface area contributed by atoms with Gasteiger partial charge in [0, 0.05) is 18.4 Å².